The molecule has 2 aliphatic heterocycles. The molecule has 0 radical (unpaired) electrons. The molecule has 0 spiro atoms. The average molecular weight is 504 g/mol. The van der Waals surface area contributed by atoms with E-state index in [0.29, 0.717) is 45.1 Å². The lowest BCUT2D eigenvalue weighted by Crippen LogP contribution is -2.29. The van der Waals surface area contributed by atoms with Gasteiger partial charge >= 0.3 is 0 Å². The van der Waals surface area contributed by atoms with Gasteiger partial charge in [-0.15, -0.1) is 0 Å². The van der Waals surface area contributed by atoms with Crippen molar-refractivity contribution in [1.29, 1.82) is 0 Å². The van der Waals surface area contributed by atoms with E-state index in [4.69, 9.17) is 9.47 Å². The van der Waals surface area contributed by atoms with Crippen LogP contribution in [0.15, 0.2) is 91.0 Å². The molecule has 4 aromatic carbocycles. The molecule has 0 aliphatic carbocycles. The number of carbonyl (C=O) groups is 4. The fraction of sp³-hybridized carbons (Fsp3) is 0.0667. The Balaban J connectivity index is 1.07. The predicted molar refractivity (Wildman–Crippen MR) is 139 cm³/mol. The van der Waals surface area contributed by atoms with E-state index in [0.717, 1.165) is 15.4 Å². The maximum absolute atomic E-state index is 12.8. The van der Waals surface area contributed by atoms with Crippen molar-refractivity contribution in [3.8, 4) is 11.5 Å². The summed E-state index contributed by atoms with van der Waals surface area (Å²) in [7, 11) is 0. The number of imide groups is 2. The number of benzene rings is 4. The van der Waals surface area contributed by atoms with Gasteiger partial charge in [0.05, 0.1) is 33.6 Å². The number of anilines is 2. The summed E-state index contributed by atoms with van der Waals surface area (Å²) >= 11 is 0. The zero-order chi connectivity index (χ0) is 26.4. The first-order valence-corrected chi connectivity index (χ1v) is 11.9. The molecule has 186 valence electrons. The first-order valence-electron chi connectivity index (χ1n) is 11.9. The maximum Gasteiger partial charge on any atom is 0.266 e. The second-order valence-corrected chi connectivity index (χ2v) is 8.88. The number of carbonyl (C=O) groups excluding carboxylic acids is 4. The van der Waals surface area contributed by atoms with Gasteiger partial charge in [0.1, 0.15) is 11.5 Å². The molecule has 38 heavy (non-hydrogen) atoms. The Morgan fingerprint density at radius 1 is 0.526 bits per heavy atom. The highest BCUT2D eigenvalue weighted by Crippen LogP contribution is 2.31. The van der Waals surface area contributed by atoms with Crippen LogP contribution in [0.3, 0.4) is 0 Å². The first-order chi connectivity index (χ1) is 18.4. The van der Waals surface area contributed by atoms with Crippen LogP contribution in [-0.2, 0) is 0 Å². The van der Waals surface area contributed by atoms with E-state index in [9.17, 15) is 19.2 Å². The number of hydrogen-bond acceptors (Lipinski definition) is 6. The lowest BCUT2D eigenvalue weighted by atomic mass is 10.1. The summed E-state index contributed by atoms with van der Waals surface area (Å²) in [6.45, 7) is 1.77. The van der Waals surface area contributed by atoms with Crippen molar-refractivity contribution in [3.63, 3.8) is 0 Å². The van der Waals surface area contributed by atoms with Crippen LogP contribution in [0.4, 0.5) is 11.4 Å². The van der Waals surface area contributed by atoms with Crippen LogP contribution in [0.1, 0.15) is 47.0 Å². The summed E-state index contributed by atoms with van der Waals surface area (Å²) in [6, 6.07) is 25.1. The first kappa shape index (κ1) is 23.2. The Kier molecular flexibility index (Phi) is 5.49. The van der Waals surface area contributed by atoms with Gasteiger partial charge in [-0.1, -0.05) is 23.8 Å². The van der Waals surface area contributed by atoms with Gasteiger partial charge in [-0.05, 0) is 79.7 Å². The Labute approximate surface area is 217 Å². The zero-order valence-electron chi connectivity index (χ0n) is 20.2. The molecular weight excluding hydrogens is 484 g/mol. The number of amides is 4. The maximum atomic E-state index is 12.8. The van der Waals surface area contributed by atoms with Crippen LogP contribution in [-0.4, -0.2) is 30.4 Å². The molecule has 0 bridgehead atoms. The summed E-state index contributed by atoms with van der Waals surface area (Å²) in [6.07, 6.45) is 0. The molecule has 0 aromatic heterocycles. The highest BCUT2D eigenvalue weighted by molar-refractivity contribution is 6.35. The summed E-state index contributed by atoms with van der Waals surface area (Å²) < 4.78 is 11.3. The number of fused-ring (bicyclic) bond motifs is 2. The predicted octanol–water partition coefficient (Wildman–Crippen LogP) is 5.01. The number of nitrogens with zero attached hydrogens (tertiary/aromatic N) is 2. The molecule has 6 rings (SSSR count). The molecule has 8 heteroatoms. The highest BCUT2D eigenvalue weighted by Gasteiger charge is 2.37. The van der Waals surface area contributed by atoms with Gasteiger partial charge in [-0.2, -0.15) is 0 Å². The quantitative estimate of drug-likeness (QED) is 0.271. The van der Waals surface area contributed by atoms with E-state index in [-0.39, 0.29) is 30.4 Å². The van der Waals surface area contributed by atoms with Gasteiger partial charge < -0.3 is 9.47 Å². The monoisotopic (exact) mass is 504 g/mol. The summed E-state index contributed by atoms with van der Waals surface area (Å²) in [4.78, 5) is 53.1. The summed E-state index contributed by atoms with van der Waals surface area (Å²) in [5, 5.41) is 0. The zero-order valence-corrected chi connectivity index (χ0v) is 20.2. The third kappa shape index (κ3) is 3.79. The third-order valence-electron chi connectivity index (χ3n) is 6.48. The fourth-order valence-electron chi connectivity index (χ4n) is 4.56. The van der Waals surface area contributed by atoms with Crippen molar-refractivity contribution in [2.75, 3.05) is 16.6 Å². The second kappa shape index (κ2) is 9.01. The molecule has 2 aliphatic rings. The minimum absolute atomic E-state index is 0.0992. The molecule has 4 amide bonds. The highest BCUT2D eigenvalue weighted by atomic mass is 16.7. The second-order valence-electron chi connectivity index (χ2n) is 8.88. The van der Waals surface area contributed by atoms with Gasteiger partial charge in [-0.25, -0.2) is 9.80 Å². The smallest absolute Gasteiger partial charge is 0.266 e. The molecule has 0 N–H and O–H groups in total. The van der Waals surface area contributed by atoms with Crippen molar-refractivity contribution in [3.05, 3.63) is 119 Å². The molecule has 0 saturated heterocycles. The van der Waals surface area contributed by atoms with Crippen molar-refractivity contribution >= 4 is 35.0 Å². The molecular formula is C30H20N2O6. The van der Waals surface area contributed by atoms with Gasteiger partial charge in [0.2, 0.25) is 6.79 Å². The van der Waals surface area contributed by atoms with Gasteiger partial charge in [0.15, 0.2) is 0 Å². The lowest BCUT2D eigenvalue weighted by Gasteiger charge is -2.15. The molecule has 0 unspecified atom stereocenters. The number of ether oxygens (including phenoxy) is 2. The van der Waals surface area contributed by atoms with Crippen molar-refractivity contribution in [2.45, 2.75) is 6.92 Å². The summed E-state index contributed by atoms with van der Waals surface area (Å²) in [5.41, 5.74) is 3.37. The van der Waals surface area contributed by atoms with E-state index in [1.54, 1.807) is 84.9 Å². The number of aryl methyl sites for hydroxylation is 1. The largest absolute Gasteiger partial charge is 0.458 e. The van der Waals surface area contributed by atoms with Crippen LogP contribution in [0.2, 0.25) is 0 Å². The number of hydrogen-bond donors (Lipinski definition) is 0. The minimum Gasteiger partial charge on any atom is -0.458 e. The van der Waals surface area contributed by atoms with Crippen molar-refractivity contribution in [2.24, 2.45) is 0 Å². The van der Waals surface area contributed by atoms with E-state index in [1.807, 2.05) is 13.0 Å². The Bertz CT molecular complexity index is 1590. The SMILES string of the molecule is Cc1ccc2c(c1)C(=O)N(c1ccc(OCOc3ccc(N4C(=O)c5ccccc5C4=O)cc3)cc1)C2=O. The molecule has 0 fully saturated rings. The summed E-state index contributed by atoms with van der Waals surface area (Å²) in [5.74, 6) is -0.445. The molecule has 8 nitrogen and oxygen atoms in total. The normalized spacial score (nSPS) is 14.1. The Hall–Kier alpha value is -5.24. The van der Waals surface area contributed by atoms with Crippen LogP contribution < -0.4 is 19.3 Å². The topological polar surface area (TPSA) is 93.2 Å². The van der Waals surface area contributed by atoms with Crippen molar-refractivity contribution in [1.82, 2.24) is 0 Å². The van der Waals surface area contributed by atoms with Crippen LogP contribution >= 0.6 is 0 Å². The fourth-order valence-corrected chi connectivity index (χ4v) is 4.56. The van der Waals surface area contributed by atoms with Gasteiger partial charge in [0, 0.05) is 0 Å². The Morgan fingerprint density at radius 2 is 0.947 bits per heavy atom. The third-order valence-corrected chi connectivity index (χ3v) is 6.48. The average Bonchev–Trinajstić information content (AvgIpc) is 3.33. The lowest BCUT2D eigenvalue weighted by molar-refractivity contribution is 0.0910. The number of rotatable bonds is 6. The van der Waals surface area contributed by atoms with E-state index < -0.39 is 0 Å². The van der Waals surface area contributed by atoms with Crippen LogP contribution in [0.5, 0.6) is 11.5 Å². The molecule has 4 aromatic rings. The van der Waals surface area contributed by atoms with Crippen LogP contribution in [0, 0.1) is 6.92 Å². The Morgan fingerprint density at radius 3 is 1.42 bits per heavy atom. The molecule has 2 heterocycles. The van der Waals surface area contributed by atoms with Gasteiger partial charge in [-0.3, -0.25) is 19.2 Å². The standard InChI is InChI=1S/C30H20N2O6/c1-18-6-15-25-26(16-18)30(36)32(29(25)35)20-9-13-22(14-10-20)38-17-37-21-11-7-19(8-12-21)31-27(33)23-4-2-3-5-24(23)28(31)34/h2-16H,17H2,1H3. The van der Waals surface area contributed by atoms with E-state index >= 15 is 0 Å². The van der Waals surface area contributed by atoms with Crippen LogP contribution in [0.25, 0.3) is 0 Å². The molecule has 0 saturated carbocycles. The van der Waals surface area contributed by atoms with E-state index in [1.165, 1.54) is 0 Å². The van der Waals surface area contributed by atoms with E-state index in [2.05, 4.69) is 0 Å². The minimum atomic E-state index is -0.359. The van der Waals surface area contributed by atoms with Crippen molar-refractivity contribution < 1.29 is 28.7 Å². The van der Waals surface area contributed by atoms with Gasteiger partial charge in [0.25, 0.3) is 23.6 Å². The molecule has 0 atom stereocenters.